The monoisotopic (exact) mass is 302 g/mol. The minimum atomic E-state index is -3.85. The van der Waals surface area contributed by atoms with Crippen LogP contribution in [0.5, 0.6) is 5.75 Å². The fourth-order valence-corrected chi connectivity index (χ4v) is 1.27. The molecule has 0 aliphatic rings. The Morgan fingerprint density at radius 3 is 2.42 bits per heavy atom. The van der Waals surface area contributed by atoms with E-state index in [1.54, 1.807) is 0 Å². The van der Waals surface area contributed by atoms with Crippen LogP contribution in [0.25, 0.3) is 0 Å². The third kappa shape index (κ3) is 3.46. The topological polar surface area (TPSA) is 110 Å². The minimum absolute atomic E-state index is 0. The lowest BCUT2D eigenvalue weighted by Crippen LogP contribution is -2.36. The molecule has 0 heterocycles. The number of non-ortho nitro benzene ring substituents is 1. The van der Waals surface area contributed by atoms with Gasteiger partial charge < -0.3 is 15.9 Å². The van der Waals surface area contributed by atoms with Gasteiger partial charge in [-0.15, -0.1) is 12.4 Å². The Kier molecular flexibility index (Phi) is 5.54. The number of rotatable bonds is 4. The van der Waals surface area contributed by atoms with E-state index in [0.717, 1.165) is 0 Å². The van der Waals surface area contributed by atoms with Gasteiger partial charge in [-0.05, 0) is 0 Å². The lowest BCUT2D eigenvalue weighted by atomic mass is 10.00. The summed E-state index contributed by atoms with van der Waals surface area (Å²) in [4.78, 5) is 9.42. The predicted octanol–water partition coefficient (Wildman–Crippen LogP) is 1.49. The molecule has 0 aliphatic carbocycles. The molecule has 0 saturated carbocycles. The summed E-state index contributed by atoms with van der Waals surface area (Å²) in [5, 5.41) is 28.1. The lowest BCUT2D eigenvalue weighted by Gasteiger charge is -2.22. The van der Waals surface area contributed by atoms with Gasteiger partial charge in [0.2, 0.25) is 0 Å². The number of aliphatic hydroxyl groups excluding tert-OH is 1. The fourth-order valence-electron chi connectivity index (χ4n) is 1.27. The zero-order valence-corrected chi connectivity index (χ0v) is 10.0. The Hall–Kier alpha value is -1.58. The van der Waals surface area contributed by atoms with Gasteiger partial charge in [0.05, 0.1) is 11.0 Å². The first-order valence-corrected chi connectivity index (χ1v) is 4.61. The van der Waals surface area contributed by atoms with E-state index in [0.29, 0.717) is 12.1 Å². The Bertz CT molecular complexity index is 487. The maximum Gasteiger partial charge on any atom is 0.289 e. The molecule has 0 radical (unpaired) electrons. The van der Waals surface area contributed by atoms with Crippen LogP contribution in [0.3, 0.4) is 0 Å². The van der Waals surface area contributed by atoms with Crippen LogP contribution < -0.4 is 5.73 Å². The number of phenols is 1. The van der Waals surface area contributed by atoms with Crippen molar-refractivity contribution in [1.82, 2.24) is 0 Å². The number of alkyl halides is 2. The minimum Gasteiger partial charge on any atom is -0.505 e. The first-order chi connectivity index (χ1) is 8.20. The van der Waals surface area contributed by atoms with E-state index in [4.69, 9.17) is 10.8 Å². The highest BCUT2D eigenvalue weighted by Crippen LogP contribution is 2.37. The number of halogens is 4. The first kappa shape index (κ1) is 17.4. The molecule has 0 saturated heterocycles. The van der Waals surface area contributed by atoms with Crippen LogP contribution in [0.1, 0.15) is 11.6 Å². The van der Waals surface area contributed by atoms with Crippen LogP contribution in [0, 0.1) is 15.9 Å². The zero-order chi connectivity index (χ0) is 14.1. The summed E-state index contributed by atoms with van der Waals surface area (Å²) >= 11 is 0. The van der Waals surface area contributed by atoms with E-state index in [2.05, 4.69) is 0 Å². The summed E-state index contributed by atoms with van der Waals surface area (Å²) in [5.41, 5.74) is 3.39. The average molecular weight is 303 g/mol. The summed E-state index contributed by atoms with van der Waals surface area (Å²) in [6.07, 6.45) is 0. The molecule has 10 heteroatoms. The fraction of sp³-hybridized carbons (Fsp3) is 0.333. The van der Waals surface area contributed by atoms with Gasteiger partial charge in [-0.1, -0.05) is 0 Å². The number of hydrogen-bond acceptors (Lipinski definition) is 5. The number of nitro groups is 1. The van der Waals surface area contributed by atoms with Crippen LogP contribution in [0.2, 0.25) is 0 Å². The molecule has 0 spiro atoms. The van der Waals surface area contributed by atoms with Crippen molar-refractivity contribution in [2.24, 2.45) is 5.73 Å². The molecule has 0 aliphatic heterocycles. The molecule has 19 heavy (non-hydrogen) atoms. The molecule has 1 rings (SSSR count). The van der Waals surface area contributed by atoms with E-state index < -0.39 is 46.3 Å². The quantitative estimate of drug-likeness (QED) is 0.576. The van der Waals surface area contributed by atoms with Crippen molar-refractivity contribution in [1.29, 1.82) is 0 Å². The third-order valence-electron chi connectivity index (χ3n) is 2.29. The zero-order valence-electron chi connectivity index (χ0n) is 9.22. The summed E-state index contributed by atoms with van der Waals surface area (Å²) in [5.74, 6) is -6.50. The maximum absolute atomic E-state index is 13.1. The molecular weight excluding hydrogens is 293 g/mol. The van der Waals surface area contributed by atoms with E-state index in [-0.39, 0.29) is 12.4 Å². The number of aromatic hydroxyl groups is 1. The highest BCUT2D eigenvalue weighted by Gasteiger charge is 2.40. The molecule has 4 N–H and O–H groups in total. The number of nitrogens with two attached hydrogens (primary N) is 1. The van der Waals surface area contributed by atoms with Gasteiger partial charge in [0.1, 0.15) is 12.6 Å². The van der Waals surface area contributed by atoms with Crippen molar-refractivity contribution in [2.45, 2.75) is 12.0 Å². The number of nitrogens with zero attached hydrogens (tertiary/aromatic N) is 1. The van der Waals surface area contributed by atoms with Gasteiger partial charge in [-0.3, -0.25) is 10.1 Å². The van der Waals surface area contributed by atoms with Crippen molar-refractivity contribution in [3.05, 3.63) is 33.6 Å². The van der Waals surface area contributed by atoms with Crippen molar-refractivity contribution in [3.8, 4) is 5.75 Å². The average Bonchev–Trinajstić information content (AvgIpc) is 2.31. The Labute approximate surface area is 111 Å². The van der Waals surface area contributed by atoms with Gasteiger partial charge in [0.15, 0.2) is 11.6 Å². The maximum atomic E-state index is 13.1. The molecule has 0 amide bonds. The van der Waals surface area contributed by atoms with Crippen LogP contribution in [-0.2, 0) is 0 Å². The summed E-state index contributed by atoms with van der Waals surface area (Å²) in [6.45, 7) is -1.64. The van der Waals surface area contributed by atoms with E-state index in [9.17, 15) is 28.4 Å². The second kappa shape index (κ2) is 6.04. The lowest BCUT2D eigenvalue weighted by molar-refractivity contribution is -0.385. The van der Waals surface area contributed by atoms with Crippen molar-refractivity contribution in [2.75, 3.05) is 6.61 Å². The molecule has 6 nitrogen and oxygen atoms in total. The second-order valence-electron chi connectivity index (χ2n) is 3.52. The van der Waals surface area contributed by atoms with Crippen molar-refractivity contribution < 1.29 is 28.3 Å². The highest BCUT2D eigenvalue weighted by atomic mass is 35.5. The van der Waals surface area contributed by atoms with Gasteiger partial charge in [0.25, 0.3) is 11.6 Å². The summed E-state index contributed by atoms with van der Waals surface area (Å²) in [6, 6.07) is -1.35. The molecule has 0 fully saturated rings. The number of aliphatic hydroxyl groups is 1. The Morgan fingerprint density at radius 2 is 2.00 bits per heavy atom. The normalized spacial score (nSPS) is 12.7. The van der Waals surface area contributed by atoms with Crippen LogP contribution >= 0.6 is 12.4 Å². The molecule has 1 aromatic carbocycles. The third-order valence-corrected chi connectivity index (χ3v) is 2.29. The number of benzene rings is 1. The van der Waals surface area contributed by atoms with Crippen molar-refractivity contribution >= 4 is 18.1 Å². The Balaban J connectivity index is 0.00000324. The van der Waals surface area contributed by atoms with E-state index >= 15 is 0 Å². The summed E-state index contributed by atoms with van der Waals surface area (Å²) < 4.78 is 39.3. The van der Waals surface area contributed by atoms with Gasteiger partial charge in [-0.25, -0.2) is 13.2 Å². The molecule has 108 valence electrons. The van der Waals surface area contributed by atoms with Gasteiger partial charge >= 0.3 is 0 Å². The highest BCUT2D eigenvalue weighted by molar-refractivity contribution is 5.85. The molecule has 1 aromatic rings. The van der Waals surface area contributed by atoms with Gasteiger partial charge in [-0.2, -0.15) is 0 Å². The van der Waals surface area contributed by atoms with E-state index in [1.165, 1.54) is 0 Å². The molecule has 0 unspecified atom stereocenters. The van der Waals surface area contributed by atoms with Crippen LogP contribution in [0.15, 0.2) is 12.1 Å². The van der Waals surface area contributed by atoms with E-state index in [1.807, 2.05) is 0 Å². The molecular formula is C9H10ClF3N2O4. The number of nitro benzene ring substituents is 1. The van der Waals surface area contributed by atoms with Gasteiger partial charge in [0, 0.05) is 11.6 Å². The largest absolute Gasteiger partial charge is 0.505 e. The summed E-state index contributed by atoms with van der Waals surface area (Å²) in [7, 11) is 0. The molecule has 0 aromatic heterocycles. The molecule has 0 bridgehead atoms. The number of hydrogen-bond donors (Lipinski definition) is 3. The first-order valence-electron chi connectivity index (χ1n) is 4.61. The smallest absolute Gasteiger partial charge is 0.289 e. The standard InChI is InChI=1S/C9H9F3N2O4.ClH/c10-6-2-4(14(17)18)1-5(7(6)16)8(13)9(11,12)3-15;/h1-2,8,15-16H,3,13H2;1H/t8-;/m1./s1. The number of phenolic OH excluding ortho intramolecular Hbond substituents is 1. The SMILES string of the molecule is Cl.N[C@H](c1cc([N+](=O)[O-])cc(F)c1O)C(F)(F)CO. The van der Waals surface area contributed by atoms with Crippen LogP contribution in [-0.4, -0.2) is 27.7 Å². The second-order valence-corrected chi connectivity index (χ2v) is 3.52. The van der Waals surface area contributed by atoms with Crippen molar-refractivity contribution in [3.63, 3.8) is 0 Å². The van der Waals surface area contributed by atoms with Crippen LogP contribution in [0.4, 0.5) is 18.9 Å². The predicted molar refractivity (Wildman–Crippen MR) is 60.9 cm³/mol. The Morgan fingerprint density at radius 1 is 1.47 bits per heavy atom. The molecule has 1 atom stereocenters.